The van der Waals surface area contributed by atoms with Crippen LogP contribution in [0.4, 0.5) is 0 Å². The van der Waals surface area contributed by atoms with Crippen molar-refractivity contribution in [3.63, 3.8) is 0 Å². The Morgan fingerprint density at radius 2 is 1.93 bits per heavy atom. The van der Waals surface area contributed by atoms with Crippen LogP contribution in [-0.4, -0.2) is 51.0 Å². The maximum absolute atomic E-state index is 5.46. The Hall–Kier alpha value is -1.25. The average molecular weight is 209 g/mol. The molecule has 0 bridgehead atoms. The molecule has 3 heteroatoms. The van der Waals surface area contributed by atoms with Crippen LogP contribution >= 0.6 is 0 Å². The predicted molar refractivity (Wildman–Crippen MR) is 63.2 cm³/mol. The lowest BCUT2D eigenvalue weighted by Gasteiger charge is -2.09. The molecule has 1 rings (SSSR count). The van der Waals surface area contributed by atoms with Gasteiger partial charge in [-0.15, -0.1) is 0 Å². The minimum absolute atomic E-state index is 1.04. The van der Waals surface area contributed by atoms with E-state index in [9.17, 15) is 0 Å². The molecule has 0 unspecified atom stereocenters. The molecule has 0 heterocycles. The first-order valence-corrected chi connectivity index (χ1v) is 5.20. The number of methoxy groups -OCH3 is 1. The standard InChI is InChI=1S/C12H21N2O/c1-13(2)8-10-6-7-11(9-14(3)4)12(10)15-5/h8-9H,6-7H2,1-5H3/q+1. The summed E-state index contributed by atoms with van der Waals surface area (Å²) in [5, 5.41) is 0. The van der Waals surface area contributed by atoms with Crippen molar-refractivity contribution in [2.24, 2.45) is 0 Å². The molecule has 1 aliphatic carbocycles. The van der Waals surface area contributed by atoms with Crippen LogP contribution in [-0.2, 0) is 4.74 Å². The van der Waals surface area contributed by atoms with Crippen LogP contribution < -0.4 is 0 Å². The van der Waals surface area contributed by atoms with Gasteiger partial charge in [-0.3, -0.25) is 0 Å². The Kier molecular flexibility index (Phi) is 3.95. The highest BCUT2D eigenvalue weighted by molar-refractivity contribution is 5.78. The third-order valence-electron chi connectivity index (χ3n) is 2.28. The van der Waals surface area contributed by atoms with Gasteiger partial charge < -0.3 is 9.64 Å². The van der Waals surface area contributed by atoms with Gasteiger partial charge in [0.25, 0.3) is 0 Å². The highest BCUT2D eigenvalue weighted by atomic mass is 16.5. The van der Waals surface area contributed by atoms with Crippen molar-refractivity contribution in [1.82, 2.24) is 4.90 Å². The van der Waals surface area contributed by atoms with Crippen LogP contribution in [0.25, 0.3) is 0 Å². The van der Waals surface area contributed by atoms with Crippen molar-refractivity contribution in [2.75, 3.05) is 35.3 Å². The molecule has 0 atom stereocenters. The summed E-state index contributed by atoms with van der Waals surface area (Å²) in [5.41, 5.74) is 2.58. The van der Waals surface area contributed by atoms with Gasteiger partial charge in [0.1, 0.15) is 19.9 Å². The second-order valence-corrected chi connectivity index (χ2v) is 4.27. The van der Waals surface area contributed by atoms with Gasteiger partial charge in [0.2, 0.25) is 0 Å². The van der Waals surface area contributed by atoms with E-state index >= 15 is 0 Å². The van der Waals surface area contributed by atoms with Crippen molar-refractivity contribution in [1.29, 1.82) is 0 Å². The highest BCUT2D eigenvalue weighted by Crippen LogP contribution is 2.30. The van der Waals surface area contributed by atoms with Crippen LogP contribution in [0.1, 0.15) is 12.8 Å². The molecule has 0 saturated heterocycles. The Morgan fingerprint density at radius 1 is 1.27 bits per heavy atom. The topological polar surface area (TPSA) is 15.5 Å². The monoisotopic (exact) mass is 209 g/mol. The second-order valence-electron chi connectivity index (χ2n) is 4.27. The summed E-state index contributed by atoms with van der Waals surface area (Å²) in [6.07, 6.45) is 6.41. The highest BCUT2D eigenvalue weighted by Gasteiger charge is 2.21. The quantitative estimate of drug-likeness (QED) is 0.516. The molecule has 3 nitrogen and oxygen atoms in total. The zero-order valence-electron chi connectivity index (χ0n) is 10.4. The van der Waals surface area contributed by atoms with Gasteiger partial charge in [-0.25, -0.2) is 4.58 Å². The predicted octanol–water partition coefficient (Wildman–Crippen LogP) is 1.47. The molecular formula is C12H21N2O+. The van der Waals surface area contributed by atoms with Crippen LogP contribution in [0.3, 0.4) is 0 Å². The molecule has 0 aromatic carbocycles. The first-order chi connectivity index (χ1) is 7.04. The fraction of sp³-hybridized carbons (Fsp3) is 0.583. The zero-order chi connectivity index (χ0) is 11.4. The van der Waals surface area contributed by atoms with Crippen molar-refractivity contribution in [3.8, 4) is 0 Å². The molecule has 1 aliphatic rings. The van der Waals surface area contributed by atoms with Crippen molar-refractivity contribution in [2.45, 2.75) is 12.8 Å². The lowest BCUT2D eigenvalue weighted by Crippen LogP contribution is -2.04. The zero-order valence-corrected chi connectivity index (χ0v) is 10.4. The molecule has 0 aromatic heterocycles. The van der Waals surface area contributed by atoms with Crippen LogP contribution in [0.15, 0.2) is 23.1 Å². The summed E-state index contributed by atoms with van der Waals surface area (Å²) in [5.74, 6) is 1.04. The SMILES string of the molecule is COC1=C(C=[N+](C)C)CCC1=CN(C)C. The number of hydrogen-bond acceptors (Lipinski definition) is 2. The molecule has 0 fully saturated rings. The molecule has 0 N–H and O–H groups in total. The fourth-order valence-corrected chi connectivity index (χ4v) is 1.83. The summed E-state index contributed by atoms with van der Waals surface area (Å²) in [6, 6.07) is 0. The smallest absolute Gasteiger partial charge is 0.169 e. The van der Waals surface area contributed by atoms with E-state index in [1.807, 2.05) is 28.2 Å². The minimum atomic E-state index is 1.04. The Bertz CT molecular complexity index is 321. The van der Waals surface area contributed by atoms with Gasteiger partial charge in [0, 0.05) is 25.9 Å². The average Bonchev–Trinajstić information content (AvgIpc) is 2.45. The number of rotatable bonds is 3. The van der Waals surface area contributed by atoms with Crippen LogP contribution in [0, 0.1) is 0 Å². The normalized spacial score (nSPS) is 18.3. The van der Waals surface area contributed by atoms with E-state index < -0.39 is 0 Å². The van der Waals surface area contributed by atoms with E-state index in [1.54, 1.807) is 7.11 Å². The van der Waals surface area contributed by atoms with Gasteiger partial charge in [-0.05, 0) is 12.8 Å². The van der Waals surface area contributed by atoms with Crippen molar-refractivity contribution in [3.05, 3.63) is 23.1 Å². The molecule has 0 radical (unpaired) electrons. The van der Waals surface area contributed by atoms with E-state index in [0.29, 0.717) is 0 Å². The maximum Gasteiger partial charge on any atom is 0.169 e. The van der Waals surface area contributed by atoms with Crippen molar-refractivity contribution < 1.29 is 9.31 Å². The molecule has 0 spiro atoms. The third-order valence-corrected chi connectivity index (χ3v) is 2.28. The largest absolute Gasteiger partial charge is 0.496 e. The van der Waals surface area contributed by atoms with Crippen molar-refractivity contribution >= 4 is 6.21 Å². The number of ether oxygens (including phenoxy) is 1. The molecule has 0 saturated carbocycles. The molecule has 0 amide bonds. The lowest BCUT2D eigenvalue weighted by atomic mass is 10.2. The molecule has 15 heavy (non-hydrogen) atoms. The summed E-state index contributed by atoms with van der Waals surface area (Å²) >= 11 is 0. The first kappa shape index (κ1) is 11.8. The molecule has 0 aliphatic heterocycles. The second kappa shape index (κ2) is 5.01. The lowest BCUT2D eigenvalue weighted by molar-refractivity contribution is -0.459. The molecule has 84 valence electrons. The van der Waals surface area contributed by atoms with E-state index in [0.717, 1.165) is 18.6 Å². The van der Waals surface area contributed by atoms with E-state index in [-0.39, 0.29) is 0 Å². The molecular weight excluding hydrogens is 188 g/mol. The Morgan fingerprint density at radius 3 is 2.40 bits per heavy atom. The summed E-state index contributed by atoms with van der Waals surface area (Å²) in [4.78, 5) is 2.06. The van der Waals surface area contributed by atoms with E-state index in [1.165, 1.54) is 11.1 Å². The van der Waals surface area contributed by atoms with Gasteiger partial charge in [-0.1, -0.05) is 0 Å². The third kappa shape index (κ3) is 3.11. The van der Waals surface area contributed by atoms with Gasteiger partial charge in [-0.2, -0.15) is 0 Å². The maximum atomic E-state index is 5.46. The Balaban J connectivity index is 3.00. The fourth-order valence-electron chi connectivity index (χ4n) is 1.83. The van der Waals surface area contributed by atoms with Gasteiger partial charge >= 0.3 is 0 Å². The number of hydrogen-bond donors (Lipinski definition) is 0. The Labute approximate surface area is 92.3 Å². The van der Waals surface area contributed by atoms with Gasteiger partial charge in [0.15, 0.2) is 6.21 Å². The number of nitrogens with zero attached hydrogens (tertiary/aromatic N) is 2. The summed E-state index contributed by atoms with van der Waals surface area (Å²) in [6.45, 7) is 0. The van der Waals surface area contributed by atoms with E-state index in [2.05, 4.69) is 21.9 Å². The van der Waals surface area contributed by atoms with Crippen LogP contribution in [0.5, 0.6) is 0 Å². The minimum Gasteiger partial charge on any atom is -0.496 e. The van der Waals surface area contributed by atoms with Gasteiger partial charge in [0.05, 0.1) is 12.7 Å². The first-order valence-electron chi connectivity index (χ1n) is 5.20. The van der Waals surface area contributed by atoms with Crippen LogP contribution in [0.2, 0.25) is 0 Å². The summed E-state index contributed by atoms with van der Waals surface area (Å²) in [7, 11) is 9.89. The summed E-state index contributed by atoms with van der Waals surface area (Å²) < 4.78 is 7.53. The van der Waals surface area contributed by atoms with E-state index in [4.69, 9.17) is 4.74 Å². The number of allylic oxidation sites excluding steroid dienone is 2. The molecule has 0 aromatic rings.